The molecule has 0 amide bonds. The van der Waals surface area contributed by atoms with E-state index in [1.165, 1.54) is 12.8 Å². The fourth-order valence-electron chi connectivity index (χ4n) is 4.33. The van der Waals surface area contributed by atoms with Crippen LogP contribution in [-0.2, 0) is 14.3 Å². The first-order valence-corrected chi connectivity index (χ1v) is 11.4. The third-order valence-electron chi connectivity index (χ3n) is 5.95. The second kappa shape index (κ2) is 15.1. The highest BCUT2D eigenvalue weighted by Gasteiger charge is 2.33. The van der Waals surface area contributed by atoms with Crippen molar-refractivity contribution in [2.45, 2.75) is 116 Å². The molecule has 4 nitrogen and oxygen atoms in total. The van der Waals surface area contributed by atoms with Crippen molar-refractivity contribution in [1.29, 1.82) is 0 Å². The summed E-state index contributed by atoms with van der Waals surface area (Å²) in [6.45, 7) is 4.48. The van der Waals surface area contributed by atoms with Crippen LogP contribution in [0.2, 0.25) is 0 Å². The van der Waals surface area contributed by atoms with Crippen molar-refractivity contribution in [3.05, 3.63) is 0 Å². The number of ether oxygens (including phenoxy) is 1. The summed E-state index contributed by atoms with van der Waals surface area (Å²) >= 11 is 0. The summed E-state index contributed by atoms with van der Waals surface area (Å²) < 4.78 is 4.94. The summed E-state index contributed by atoms with van der Waals surface area (Å²) in [4.78, 5) is 23.5. The number of hydrogen-bond acceptors (Lipinski definition) is 4. The summed E-state index contributed by atoms with van der Waals surface area (Å²) in [5.41, 5.74) is 0. The van der Waals surface area contributed by atoms with E-state index in [1.54, 1.807) is 0 Å². The first-order valence-electron chi connectivity index (χ1n) is 11.4. The molecule has 1 unspecified atom stereocenters. The molecule has 27 heavy (non-hydrogen) atoms. The number of unbranched alkanes of at least 4 members (excludes halogenated alkanes) is 5. The van der Waals surface area contributed by atoms with Crippen LogP contribution in [-0.4, -0.2) is 29.6 Å². The molecule has 1 saturated carbocycles. The van der Waals surface area contributed by atoms with Crippen LogP contribution in [0, 0.1) is 11.8 Å². The van der Waals surface area contributed by atoms with E-state index in [0.29, 0.717) is 24.7 Å². The average molecular weight is 383 g/mol. The van der Waals surface area contributed by atoms with Crippen molar-refractivity contribution < 1.29 is 19.4 Å². The lowest BCUT2D eigenvalue weighted by Crippen LogP contribution is -2.16. The summed E-state index contributed by atoms with van der Waals surface area (Å²) in [6.07, 6.45) is 14.7. The molecule has 158 valence electrons. The molecule has 0 aliphatic heterocycles. The van der Waals surface area contributed by atoms with Crippen LogP contribution in [0.3, 0.4) is 0 Å². The van der Waals surface area contributed by atoms with Gasteiger partial charge in [-0.3, -0.25) is 9.59 Å². The second-order valence-electron chi connectivity index (χ2n) is 8.21. The highest BCUT2D eigenvalue weighted by molar-refractivity contribution is 5.83. The molecule has 1 aliphatic carbocycles. The SMILES string of the molecule is CCCCCC(O)CCC[C@H]1CCC(=O)[C@@H]1CCCCCCC(=O)OCC. The number of aliphatic hydroxyl groups excluding tert-OH is 1. The number of carbonyl (C=O) groups is 2. The van der Waals surface area contributed by atoms with E-state index in [2.05, 4.69) is 6.92 Å². The molecule has 0 saturated heterocycles. The largest absolute Gasteiger partial charge is 0.466 e. The molecule has 1 fully saturated rings. The number of Topliss-reactive ketones (excluding diaryl/α,β-unsaturated/α-hetero) is 1. The molecule has 0 bridgehead atoms. The molecule has 0 spiro atoms. The minimum Gasteiger partial charge on any atom is -0.466 e. The third kappa shape index (κ3) is 10.9. The van der Waals surface area contributed by atoms with Crippen LogP contribution in [0.5, 0.6) is 0 Å². The average Bonchev–Trinajstić information content (AvgIpc) is 2.98. The standard InChI is InChI=1S/C23H42O4/c1-3-5-8-13-20(24)14-11-12-19-17-18-22(25)21(19)15-9-6-7-10-16-23(26)27-4-2/h19-21,24H,3-18H2,1-2H3/t19-,20?,21+/m0/s1. The maximum Gasteiger partial charge on any atom is 0.305 e. The van der Waals surface area contributed by atoms with Crippen LogP contribution < -0.4 is 0 Å². The van der Waals surface area contributed by atoms with Crippen molar-refractivity contribution in [3.63, 3.8) is 0 Å². The zero-order valence-electron chi connectivity index (χ0n) is 17.7. The molecule has 3 atom stereocenters. The van der Waals surface area contributed by atoms with Crippen molar-refractivity contribution in [1.82, 2.24) is 0 Å². The van der Waals surface area contributed by atoms with E-state index in [-0.39, 0.29) is 18.0 Å². The van der Waals surface area contributed by atoms with Crippen molar-refractivity contribution in [2.24, 2.45) is 11.8 Å². The summed E-state index contributed by atoms with van der Waals surface area (Å²) in [5.74, 6) is 1.13. The topological polar surface area (TPSA) is 63.6 Å². The van der Waals surface area contributed by atoms with E-state index >= 15 is 0 Å². The van der Waals surface area contributed by atoms with Gasteiger partial charge in [0.15, 0.2) is 0 Å². The number of rotatable bonds is 16. The second-order valence-corrected chi connectivity index (χ2v) is 8.21. The summed E-state index contributed by atoms with van der Waals surface area (Å²) in [7, 11) is 0. The molecule has 0 aromatic heterocycles. The fraction of sp³-hybridized carbons (Fsp3) is 0.913. The highest BCUT2D eigenvalue weighted by Crippen LogP contribution is 2.36. The molecule has 1 aliphatic rings. The van der Waals surface area contributed by atoms with Crippen LogP contribution >= 0.6 is 0 Å². The molecule has 0 aromatic carbocycles. The first kappa shape index (κ1) is 24.1. The van der Waals surface area contributed by atoms with Gasteiger partial charge >= 0.3 is 5.97 Å². The monoisotopic (exact) mass is 382 g/mol. The molecular weight excluding hydrogens is 340 g/mol. The Hall–Kier alpha value is -0.900. The lowest BCUT2D eigenvalue weighted by Gasteiger charge is -2.19. The van der Waals surface area contributed by atoms with Gasteiger partial charge in [0.05, 0.1) is 12.7 Å². The Balaban J connectivity index is 2.14. The quantitative estimate of drug-likeness (QED) is 0.279. The van der Waals surface area contributed by atoms with E-state index in [1.807, 2.05) is 6.92 Å². The van der Waals surface area contributed by atoms with Crippen molar-refractivity contribution in [3.8, 4) is 0 Å². The van der Waals surface area contributed by atoms with Gasteiger partial charge in [-0.1, -0.05) is 51.9 Å². The van der Waals surface area contributed by atoms with Gasteiger partial charge < -0.3 is 9.84 Å². The van der Waals surface area contributed by atoms with E-state index in [0.717, 1.165) is 77.0 Å². The number of ketones is 1. The van der Waals surface area contributed by atoms with Crippen LogP contribution in [0.25, 0.3) is 0 Å². The van der Waals surface area contributed by atoms with Crippen LogP contribution in [0.15, 0.2) is 0 Å². The van der Waals surface area contributed by atoms with Gasteiger partial charge in [0.2, 0.25) is 0 Å². The minimum atomic E-state index is -0.161. The lowest BCUT2D eigenvalue weighted by molar-refractivity contribution is -0.143. The number of aliphatic hydroxyl groups is 1. The Morgan fingerprint density at radius 3 is 2.52 bits per heavy atom. The van der Waals surface area contributed by atoms with Gasteiger partial charge in [0.1, 0.15) is 5.78 Å². The van der Waals surface area contributed by atoms with Crippen LogP contribution in [0.1, 0.15) is 110 Å². The van der Waals surface area contributed by atoms with Crippen LogP contribution in [0.4, 0.5) is 0 Å². The van der Waals surface area contributed by atoms with Gasteiger partial charge in [0.25, 0.3) is 0 Å². The Labute approximate surface area is 166 Å². The number of hydrogen-bond donors (Lipinski definition) is 1. The summed E-state index contributed by atoms with van der Waals surface area (Å²) in [5, 5.41) is 10.1. The van der Waals surface area contributed by atoms with Gasteiger partial charge in [-0.25, -0.2) is 0 Å². The Kier molecular flexibility index (Phi) is 13.5. The van der Waals surface area contributed by atoms with Crippen molar-refractivity contribution in [2.75, 3.05) is 6.61 Å². The maximum absolute atomic E-state index is 12.2. The maximum atomic E-state index is 12.2. The molecule has 0 radical (unpaired) electrons. The zero-order chi connectivity index (χ0) is 19.9. The molecule has 0 aromatic rings. The number of carbonyl (C=O) groups excluding carboxylic acids is 2. The Morgan fingerprint density at radius 2 is 1.78 bits per heavy atom. The minimum absolute atomic E-state index is 0.0968. The molecule has 4 heteroatoms. The molecular formula is C23H42O4. The van der Waals surface area contributed by atoms with Gasteiger partial charge in [-0.05, 0) is 51.4 Å². The van der Waals surface area contributed by atoms with Crippen molar-refractivity contribution >= 4 is 11.8 Å². The Bertz CT molecular complexity index is 407. The van der Waals surface area contributed by atoms with E-state index in [9.17, 15) is 14.7 Å². The predicted molar refractivity (Wildman–Crippen MR) is 110 cm³/mol. The predicted octanol–water partition coefficient (Wildman–Crippen LogP) is 5.60. The molecule has 0 heterocycles. The first-order chi connectivity index (χ1) is 13.1. The van der Waals surface area contributed by atoms with E-state index < -0.39 is 0 Å². The Morgan fingerprint density at radius 1 is 1.04 bits per heavy atom. The van der Waals surface area contributed by atoms with E-state index in [4.69, 9.17) is 4.74 Å². The third-order valence-corrected chi connectivity index (χ3v) is 5.95. The smallest absolute Gasteiger partial charge is 0.305 e. The number of esters is 1. The zero-order valence-corrected chi connectivity index (χ0v) is 17.7. The van der Waals surface area contributed by atoms with Gasteiger partial charge in [-0.15, -0.1) is 0 Å². The lowest BCUT2D eigenvalue weighted by atomic mass is 9.86. The normalized spacial score (nSPS) is 20.8. The molecule has 1 rings (SSSR count). The van der Waals surface area contributed by atoms with Gasteiger partial charge in [0, 0.05) is 18.8 Å². The molecule has 1 N–H and O–H groups in total. The highest BCUT2D eigenvalue weighted by atomic mass is 16.5. The van der Waals surface area contributed by atoms with Gasteiger partial charge in [-0.2, -0.15) is 0 Å². The fourth-order valence-corrected chi connectivity index (χ4v) is 4.33. The summed E-state index contributed by atoms with van der Waals surface area (Å²) in [6, 6.07) is 0.